The first kappa shape index (κ1) is 20.1. The molecule has 2 amide bonds. The highest BCUT2D eigenvalue weighted by Crippen LogP contribution is 2.34. The molecule has 2 aromatic carbocycles. The third-order valence-electron chi connectivity index (χ3n) is 3.74. The lowest BCUT2D eigenvalue weighted by molar-refractivity contribution is -0.123. The number of aryl methyl sites for hydroxylation is 1. The summed E-state index contributed by atoms with van der Waals surface area (Å²) >= 11 is 12.6. The molecule has 3 aromatic rings. The highest BCUT2D eigenvalue weighted by Gasteiger charge is 2.18. The van der Waals surface area contributed by atoms with E-state index in [0.29, 0.717) is 15.6 Å². The fourth-order valence-corrected chi connectivity index (χ4v) is 3.93. The van der Waals surface area contributed by atoms with E-state index in [2.05, 4.69) is 16.2 Å². The summed E-state index contributed by atoms with van der Waals surface area (Å²) < 4.78 is 6.33. The summed E-state index contributed by atoms with van der Waals surface area (Å²) in [7, 11) is 0. The number of amides is 2. The molecule has 1 aromatic heterocycles. The van der Waals surface area contributed by atoms with Gasteiger partial charge >= 0.3 is 0 Å². The Morgan fingerprint density at radius 2 is 1.82 bits per heavy atom. The Morgan fingerprint density at radius 3 is 2.57 bits per heavy atom. The van der Waals surface area contributed by atoms with E-state index in [9.17, 15) is 9.59 Å². The molecule has 9 heteroatoms. The van der Waals surface area contributed by atoms with Crippen molar-refractivity contribution >= 4 is 62.2 Å². The number of hydrazine groups is 1. The minimum absolute atomic E-state index is 0.0530. The number of thiophene rings is 1. The van der Waals surface area contributed by atoms with E-state index in [4.69, 9.17) is 28.6 Å². The van der Waals surface area contributed by atoms with E-state index in [1.54, 1.807) is 6.07 Å². The quantitative estimate of drug-likeness (QED) is 0.433. The number of hydrogen-bond acceptors (Lipinski definition) is 5. The van der Waals surface area contributed by atoms with Gasteiger partial charge in [-0.2, -0.15) is 0 Å². The number of rotatable bonds is 4. The van der Waals surface area contributed by atoms with Gasteiger partial charge in [-0.05, 0) is 36.8 Å². The van der Waals surface area contributed by atoms with Gasteiger partial charge in [0, 0.05) is 10.1 Å². The number of halogens is 1. The van der Waals surface area contributed by atoms with Crippen molar-refractivity contribution in [3.05, 3.63) is 64.0 Å². The molecule has 0 aliphatic rings. The molecule has 0 saturated heterocycles. The molecule has 0 unspecified atom stereocenters. The van der Waals surface area contributed by atoms with Crippen LogP contribution in [0.4, 0.5) is 0 Å². The van der Waals surface area contributed by atoms with Crippen molar-refractivity contribution in [3.63, 3.8) is 0 Å². The fraction of sp³-hybridized carbons (Fsp3) is 0.105. The van der Waals surface area contributed by atoms with Gasteiger partial charge in [0.15, 0.2) is 11.7 Å². The summed E-state index contributed by atoms with van der Waals surface area (Å²) in [5.41, 5.74) is 5.76. The van der Waals surface area contributed by atoms with Crippen LogP contribution in [0.5, 0.6) is 5.75 Å². The fourth-order valence-electron chi connectivity index (χ4n) is 2.38. The minimum atomic E-state index is -0.450. The van der Waals surface area contributed by atoms with E-state index in [0.717, 1.165) is 15.6 Å². The maximum Gasteiger partial charge on any atom is 0.276 e. The largest absolute Gasteiger partial charge is 0.483 e. The van der Waals surface area contributed by atoms with Crippen LogP contribution in [0.1, 0.15) is 15.2 Å². The number of carbonyl (C=O) groups excluding carboxylic acids is 2. The number of benzene rings is 2. The minimum Gasteiger partial charge on any atom is -0.483 e. The molecule has 0 bridgehead atoms. The van der Waals surface area contributed by atoms with Crippen molar-refractivity contribution < 1.29 is 14.3 Å². The highest BCUT2D eigenvalue weighted by molar-refractivity contribution is 7.80. The van der Waals surface area contributed by atoms with Crippen LogP contribution in [0.2, 0.25) is 5.02 Å². The summed E-state index contributed by atoms with van der Waals surface area (Å²) in [5, 5.41) is 3.61. The van der Waals surface area contributed by atoms with Gasteiger partial charge in [0.05, 0.1) is 5.02 Å². The van der Waals surface area contributed by atoms with Crippen molar-refractivity contribution in [2.45, 2.75) is 6.92 Å². The maximum absolute atomic E-state index is 12.4. The second-order valence-electron chi connectivity index (χ2n) is 5.75. The third-order valence-corrected chi connectivity index (χ3v) is 5.61. The Kier molecular flexibility index (Phi) is 6.45. The topological polar surface area (TPSA) is 79.5 Å². The first-order chi connectivity index (χ1) is 13.5. The van der Waals surface area contributed by atoms with E-state index >= 15 is 0 Å². The Labute approximate surface area is 175 Å². The first-order valence-electron chi connectivity index (χ1n) is 8.21. The normalized spacial score (nSPS) is 10.4. The summed E-state index contributed by atoms with van der Waals surface area (Å²) in [4.78, 5) is 24.6. The van der Waals surface area contributed by atoms with Crippen molar-refractivity contribution in [1.29, 1.82) is 0 Å². The van der Waals surface area contributed by atoms with Crippen LogP contribution in [0.3, 0.4) is 0 Å². The molecule has 0 radical (unpaired) electrons. The Hall–Kier alpha value is -2.68. The molecule has 144 valence electrons. The van der Waals surface area contributed by atoms with Gasteiger partial charge in [0.1, 0.15) is 10.6 Å². The first-order valence-corrected chi connectivity index (χ1v) is 9.81. The summed E-state index contributed by atoms with van der Waals surface area (Å²) in [6.45, 7) is 1.69. The number of carbonyl (C=O) groups is 2. The van der Waals surface area contributed by atoms with Gasteiger partial charge in [-0.1, -0.05) is 48.0 Å². The molecule has 3 rings (SSSR count). The summed E-state index contributed by atoms with van der Waals surface area (Å²) in [6.07, 6.45) is 0. The molecule has 6 nitrogen and oxygen atoms in total. The molecule has 0 fully saturated rings. The van der Waals surface area contributed by atoms with Crippen LogP contribution >= 0.6 is 35.2 Å². The maximum atomic E-state index is 12.4. The lowest BCUT2D eigenvalue weighted by atomic mass is 10.2. The summed E-state index contributed by atoms with van der Waals surface area (Å²) in [6, 6.07) is 14.8. The smallest absolute Gasteiger partial charge is 0.276 e. The van der Waals surface area contributed by atoms with Gasteiger partial charge in [-0.15, -0.1) is 11.3 Å². The number of ether oxygens (including phenoxy) is 1. The molecule has 0 atom stereocenters. The molecule has 3 N–H and O–H groups in total. The third kappa shape index (κ3) is 4.78. The zero-order valence-corrected chi connectivity index (χ0v) is 17.1. The van der Waals surface area contributed by atoms with Gasteiger partial charge in [0.2, 0.25) is 0 Å². The standard InChI is InChI=1S/C19H16ClN3O3S2/c1-11-6-2-4-8-13(11)26-10-15(24)22-23-19(27)21-18(25)17-16(20)12-7-3-5-9-14(12)28-17/h2-9H,10H2,1H3,(H,22,24)(H2,21,23,25,27). The van der Waals surface area contributed by atoms with E-state index in [1.165, 1.54) is 11.3 Å². The molecule has 28 heavy (non-hydrogen) atoms. The summed E-state index contributed by atoms with van der Waals surface area (Å²) in [5.74, 6) is -0.276. The van der Waals surface area contributed by atoms with Crippen molar-refractivity contribution in [1.82, 2.24) is 16.2 Å². The second-order valence-corrected chi connectivity index (χ2v) is 7.59. The predicted octanol–water partition coefficient (Wildman–Crippen LogP) is 3.58. The van der Waals surface area contributed by atoms with E-state index in [-0.39, 0.29) is 11.7 Å². The number of para-hydroxylation sites is 1. The number of nitrogens with one attached hydrogen (secondary N) is 3. The van der Waals surface area contributed by atoms with Crippen LogP contribution in [-0.2, 0) is 4.79 Å². The number of hydrogen-bond donors (Lipinski definition) is 3. The van der Waals surface area contributed by atoms with Crippen molar-refractivity contribution in [2.75, 3.05) is 6.61 Å². The zero-order chi connectivity index (χ0) is 20.1. The average molecular weight is 434 g/mol. The van der Waals surface area contributed by atoms with E-state index < -0.39 is 11.8 Å². The molecular weight excluding hydrogens is 418 g/mol. The van der Waals surface area contributed by atoms with Crippen LogP contribution in [0.25, 0.3) is 10.1 Å². The van der Waals surface area contributed by atoms with Crippen molar-refractivity contribution in [2.24, 2.45) is 0 Å². The molecule has 0 saturated carbocycles. The second kappa shape index (κ2) is 9.01. The molecule has 0 aliphatic carbocycles. The number of thiocarbonyl (C=S) groups is 1. The van der Waals surface area contributed by atoms with Gasteiger partial charge in [0.25, 0.3) is 11.8 Å². The highest BCUT2D eigenvalue weighted by atomic mass is 35.5. The Bertz CT molecular complexity index is 1050. The lowest BCUT2D eigenvalue weighted by Crippen LogP contribution is -2.49. The zero-order valence-electron chi connectivity index (χ0n) is 14.7. The molecule has 1 heterocycles. The van der Waals surface area contributed by atoms with E-state index in [1.807, 2.05) is 49.4 Å². The number of fused-ring (bicyclic) bond motifs is 1. The molecule has 0 spiro atoms. The SMILES string of the molecule is Cc1ccccc1OCC(=O)NNC(=S)NC(=O)c1sc2ccccc2c1Cl. The monoisotopic (exact) mass is 433 g/mol. The average Bonchev–Trinajstić information content (AvgIpc) is 3.03. The van der Waals surface area contributed by atoms with Crippen molar-refractivity contribution in [3.8, 4) is 5.75 Å². The van der Waals surface area contributed by atoms with Crippen LogP contribution in [0, 0.1) is 6.92 Å². The van der Waals surface area contributed by atoms with Gasteiger partial charge in [-0.25, -0.2) is 0 Å². The molecule has 0 aliphatic heterocycles. The van der Waals surface area contributed by atoms with Gasteiger partial charge < -0.3 is 4.74 Å². The van der Waals surface area contributed by atoms with Crippen LogP contribution in [0.15, 0.2) is 48.5 Å². The van der Waals surface area contributed by atoms with Crippen LogP contribution in [-0.4, -0.2) is 23.5 Å². The van der Waals surface area contributed by atoms with Gasteiger partial charge in [-0.3, -0.25) is 25.8 Å². The van der Waals surface area contributed by atoms with Crippen LogP contribution < -0.4 is 20.9 Å². The Morgan fingerprint density at radius 1 is 1.11 bits per heavy atom. The lowest BCUT2D eigenvalue weighted by Gasteiger charge is -2.12. The Balaban J connectivity index is 1.49. The molecular formula is C19H16ClN3O3S2. The predicted molar refractivity (Wildman–Crippen MR) is 115 cm³/mol.